The number of thiocarbonyl (C=S) groups is 1. The van der Waals surface area contributed by atoms with E-state index in [1.807, 2.05) is 6.07 Å². The molecule has 2 rings (SSSR count). The van der Waals surface area contributed by atoms with Gasteiger partial charge in [0, 0.05) is 0 Å². The van der Waals surface area contributed by atoms with E-state index in [9.17, 15) is 9.59 Å². The van der Waals surface area contributed by atoms with E-state index in [0.29, 0.717) is 17.2 Å². The second-order valence-corrected chi connectivity index (χ2v) is 5.50. The number of methoxy groups -OCH3 is 1. The molecule has 142 valence electrons. The SMILES string of the molecule is COc1ccccc1OCC(=O)NNC(=S)NC(=O)COc1ccccc1. The van der Waals surface area contributed by atoms with Crippen LogP contribution in [0.2, 0.25) is 0 Å². The highest BCUT2D eigenvalue weighted by Crippen LogP contribution is 2.25. The summed E-state index contributed by atoms with van der Waals surface area (Å²) in [6, 6.07) is 15.8. The molecule has 0 radical (unpaired) electrons. The van der Waals surface area contributed by atoms with Crippen molar-refractivity contribution in [3.05, 3.63) is 54.6 Å². The third kappa shape index (κ3) is 7.20. The second kappa shape index (κ2) is 10.6. The van der Waals surface area contributed by atoms with Crippen molar-refractivity contribution in [1.29, 1.82) is 0 Å². The number of hydrazine groups is 1. The average Bonchev–Trinajstić information content (AvgIpc) is 2.70. The summed E-state index contributed by atoms with van der Waals surface area (Å²) in [7, 11) is 1.51. The monoisotopic (exact) mass is 389 g/mol. The van der Waals surface area contributed by atoms with Crippen LogP contribution in [0.3, 0.4) is 0 Å². The summed E-state index contributed by atoms with van der Waals surface area (Å²) in [6.07, 6.45) is 0. The normalized spacial score (nSPS) is 9.67. The number of carbonyl (C=O) groups is 2. The molecule has 0 spiro atoms. The predicted octanol–water partition coefficient (Wildman–Crippen LogP) is 1.17. The van der Waals surface area contributed by atoms with E-state index in [2.05, 4.69) is 16.2 Å². The van der Waals surface area contributed by atoms with Crippen molar-refractivity contribution in [2.24, 2.45) is 0 Å². The van der Waals surface area contributed by atoms with Crippen LogP contribution < -0.4 is 30.4 Å². The number of benzene rings is 2. The second-order valence-electron chi connectivity index (χ2n) is 5.09. The van der Waals surface area contributed by atoms with Crippen LogP contribution in [0.25, 0.3) is 0 Å². The molecule has 2 amide bonds. The first-order valence-corrected chi connectivity index (χ1v) is 8.31. The van der Waals surface area contributed by atoms with Crippen molar-refractivity contribution in [1.82, 2.24) is 16.2 Å². The molecule has 8 nitrogen and oxygen atoms in total. The average molecular weight is 389 g/mol. The predicted molar refractivity (Wildman–Crippen MR) is 102 cm³/mol. The molecule has 27 heavy (non-hydrogen) atoms. The number of amides is 2. The number of hydrogen-bond donors (Lipinski definition) is 3. The van der Waals surface area contributed by atoms with Gasteiger partial charge in [-0.3, -0.25) is 25.8 Å². The quantitative estimate of drug-likeness (QED) is 0.483. The van der Waals surface area contributed by atoms with Gasteiger partial charge in [0.1, 0.15) is 5.75 Å². The summed E-state index contributed by atoms with van der Waals surface area (Å²) in [6.45, 7) is -0.474. The summed E-state index contributed by atoms with van der Waals surface area (Å²) in [5, 5.41) is 2.31. The van der Waals surface area contributed by atoms with Crippen LogP contribution in [0, 0.1) is 0 Å². The third-order valence-electron chi connectivity index (χ3n) is 3.11. The molecule has 0 aliphatic rings. The third-order valence-corrected chi connectivity index (χ3v) is 3.31. The van der Waals surface area contributed by atoms with E-state index in [-0.39, 0.29) is 18.3 Å². The Hall–Kier alpha value is -3.33. The maximum atomic E-state index is 11.8. The van der Waals surface area contributed by atoms with Crippen LogP contribution in [0.1, 0.15) is 0 Å². The smallest absolute Gasteiger partial charge is 0.276 e. The van der Waals surface area contributed by atoms with Crippen molar-refractivity contribution in [2.75, 3.05) is 20.3 Å². The molecule has 0 atom stereocenters. The molecule has 0 fully saturated rings. The zero-order valence-corrected chi connectivity index (χ0v) is 15.4. The van der Waals surface area contributed by atoms with E-state index in [4.69, 9.17) is 26.4 Å². The van der Waals surface area contributed by atoms with E-state index < -0.39 is 11.8 Å². The fourth-order valence-corrected chi connectivity index (χ4v) is 2.07. The molecule has 2 aromatic carbocycles. The molecule has 0 heterocycles. The van der Waals surface area contributed by atoms with Gasteiger partial charge in [-0.15, -0.1) is 0 Å². The zero-order valence-electron chi connectivity index (χ0n) is 14.6. The first-order valence-electron chi connectivity index (χ1n) is 7.91. The van der Waals surface area contributed by atoms with Gasteiger partial charge in [0.25, 0.3) is 11.8 Å². The summed E-state index contributed by atoms with van der Waals surface area (Å²) >= 11 is 4.92. The lowest BCUT2D eigenvalue weighted by molar-refractivity contribution is -0.124. The van der Waals surface area contributed by atoms with Crippen molar-refractivity contribution in [2.45, 2.75) is 0 Å². The molecule has 2 aromatic rings. The highest BCUT2D eigenvalue weighted by Gasteiger charge is 2.09. The van der Waals surface area contributed by atoms with E-state index in [1.165, 1.54) is 7.11 Å². The van der Waals surface area contributed by atoms with Crippen LogP contribution in [-0.4, -0.2) is 37.3 Å². The van der Waals surface area contributed by atoms with Gasteiger partial charge < -0.3 is 14.2 Å². The summed E-state index contributed by atoms with van der Waals surface area (Å²) in [4.78, 5) is 23.5. The van der Waals surface area contributed by atoms with Crippen LogP contribution in [0.4, 0.5) is 0 Å². The molecule has 0 unspecified atom stereocenters. The maximum Gasteiger partial charge on any atom is 0.276 e. The van der Waals surface area contributed by atoms with Crippen molar-refractivity contribution < 1.29 is 23.8 Å². The Morgan fingerprint density at radius 1 is 0.852 bits per heavy atom. The van der Waals surface area contributed by atoms with Gasteiger partial charge in [-0.2, -0.15) is 0 Å². The fraction of sp³-hybridized carbons (Fsp3) is 0.167. The van der Waals surface area contributed by atoms with E-state index >= 15 is 0 Å². The number of rotatable bonds is 7. The first-order chi connectivity index (χ1) is 13.1. The minimum Gasteiger partial charge on any atom is -0.493 e. The van der Waals surface area contributed by atoms with Gasteiger partial charge in [-0.05, 0) is 36.5 Å². The summed E-state index contributed by atoms with van der Waals surface area (Å²) < 4.78 is 15.8. The standard InChI is InChI=1S/C18H19N3O5S/c1-24-14-9-5-6-10-15(14)26-12-17(23)20-21-18(27)19-16(22)11-25-13-7-3-2-4-8-13/h2-10H,11-12H2,1H3,(H,20,23)(H2,19,21,22,27). The molecule has 9 heteroatoms. The molecular weight excluding hydrogens is 370 g/mol. The van der Waals surface area contributed by atoms with Crippen LogP contribution in [0.5, 0.6) is 17.2 Å². The Morgan fingerprint density at radius 3 is 2.19 bits per heavy atom. The van der Waals surface area contributed by atoms with Gasteiger partial charge in [-0.25, -0.2) is 0 Å². The molecular formula is C18H19N3O5S. The van der Waals surface area contributed by atoms with Gasteiger partial charge in [0.15, 0.2) is 29.8 Å². The lowest BCUT2D eigenvalue weighted by Gasteiger charge is -2.12. The Morgan fingerprint density at radius 2 is 1.48 bits per heavy atom. The minimum absolute atomic E-state index is 0.0673. The maximum absolute atomic E-state index is 11.8. The number of nitrogens with one attached hydrogen (secondary N) is 3. The highest BCUT2D eigenvalue weighted by molar-refractivity contribution is 7.80. The number of ether oxygens (including phenoxy) is 3. The highest BCUT2D eigenvalue weighted by atomic mass is 32.1. The molecule has 0 saturated carbocycles. The van der Waals surface area contributed by atoms with Crippen molar-refractivity contribution in [3.63, 3.8) is 0 Å². The summed E-state index contributed by atoms with van der Waals surface area (Å²) in [5.74, 6) is 0.561. The Bertz CT molecular complexity index is 786. The summed E-state index contributed by atoms with van der Waals surface area (Å²) in [5.41, 5.74) is 4.73. The molecule has 3 N–H and O–H groups in total. The van der Waals surface area contributed by atoms with Crippen LogP contribution >= 0.6 is 12.2 Å². The van der Waals surface area contributed by atoms with Gasteiger partial charge in [0.05, 0.1) is 7.11 Å². The van der Waals surface area contributed by atoms with E-state index in [1.54, 1.807) is 48.5 Å². The van der Waals surface area contributed by atoms with Crippen molar-refractivity contribution >= 4 is 29.1 Å². The number of carbonyl (C=O) groups excluding carboxylic acids is 2. The lowest BCUT2D eigenvalue weighted by Crippen LogP contribution is -2.50. The van der Waals surface area contributed by atoms with E-state index in [0.717, 1.165) is 0 Å². The Balaban J connectivity index is 1.65. The largest absolute Gasteiger partial charge is 0.493 e. The molecule has 0 aliphatic carbocycles. The fourth-order valence-electron chi connectivity index (χ4n) is 1.90. The minimum atomic E-state index is -0.488. The lowest BCUT2D eigenvalue weighted by atomic mass is 10.3. The van der Waals surface area contributed by atoms with Crippen LogP contribution in [0.15, 0.2) is 54.6 Å². The Kier molecular flexibility index (Phi) is 7.86. The van der Waals surface area contributed by atoms with Crippen molar-refractivity contribution in [3.8, 4) is 17.2 Å². The molecule has 0 aromatic heterocycles. The number of para-hydroxylation sites is 3. The molecule has 0 aliphatic heterocycles. The molecule has 0 bridgehead atoms. The van der Waals surface area contributed by atoms with Gasteiger partial charge in [-0.1, -0.05) is 30.3 Å². The zero-order chi connectivity index (χ0) is 19.5. The van der Waals surface area contributed by atoms with Crippen LogP contribution in [-0.2, 0) is 9.59 Å². The number of hydrogen-bond acceptors (Lipinski definition) is 6. The first kappa shape index (κ1) is 20.0. The van der Waals surface area contributed by atoms with Gasteiger partial charge in [0.2, 0.25) is 0 Å². The Labute approximate surface area is 161 Å². The molecule has 0 saturated heterocycles. The topological polar surface area (TPSA) is 97.9 Å². The van der Waals surface area contributed by atoms with Gasteiger partial charge >= 0.3 is 0 Å².